The SMILES string of the molecule is CC1CC(C(=O)O)C(C(=O)N2CCC(CO)CC2)C1. The second-order valence-electron chi connectivity index (χ2n) is 6.08. The summed E-state index contributed by atoms with van der Waals surface area (Å²) in [5.74, 6) is -1.09. The Labute approximate surface area is 113 Å². The summed E-state index contributed by atoms with van der Waals surface area (Å²) in [6.45, 7) is 3.50. The maximum Gasteiger partial charge on any atom is 0.307 e. The number of aliphatic carboxylic acids is 1. The average molecular weight is 269 g/mol. The van der Waals surface area contributed by atoms with Gasteiger partial charge in [0, 0.05) is 19.7 Å². The van der Waals surface area contributed by atoms with Gasteiger partial charge >= 0.3 is 5.97 Å². The first-order valence-corrected chi connectivity index (χ1v) is 7.15. The van der Waals surface area contributed by atoms with Gasteiger partial charge in [-0.3, -0.25) is 9.59 Å². The van der Waals surface area contributed by atoms with E-state index in [1.165, 1.54) is 0 Å². The molecule has 1 saturated heterocycles. The molecule has 2 rings (SSSR count). The fraction of sp³-hybridized carbons (Fsp3) is 0.857. The topological polar surface area (TPSA) is 77.8 Å². The number of aliphatic hydroxyl groups is 1. The molecule has 1 aliphatic carbocycles. The zero-order valence-corrected chi connectivity index (χ0v) is 11.4. The molecule has 19 heavy (non-hydrogen) atoms. The number of hydrogen-bond acceptors (Lipinski definition) is 3. The van der Waals surface area contributed by atoms with Crippen LogP contribution in [0.2, 0.25) is 0 Å². The first-order chi connectivity index (χ1) is 9.02. The Hall–Kier alpha value is -1.10. The van der Waals surface area contributed by atoms with Crippen LogP contribution >= 0.6 is 0 Å². The minimum atomic E-state index is -0.840. The van der Waals surface area contributed by atoms with Crippen molar-refractivity contribution in [3.63, 3.8) is 0 Å². The molecular weight excluding hydrogens is 246 g/mol. The minimum absolute atomic E-state index is 0.00754. The number of rotatable bonds is 3. The Morgan fingerprint density at radius 3 is 2.26 bits per heavy atom. The molecule has 0 bridgehead atoms. The van der Waals surface area contributed by atoms with Crippen LogP contribution in [-0.2, 0) is 9.59 Å². The van der Waals surface area contributed by atoms with Crippen molar-refractivity contribution < 1.29 is 19.8 Å². The lowest BCUT2D eigenvalue weighted by molar-refractivity contribution is -0.149. The summed E-state index contributed by atoms with van der Waals surface area (Å²) in [5.41, 5.74) is 0. The molecular formula is C14H23NO4. The summed E-state index contributed by atoms with van der Waals surface area (Å²) in [5, 5.41) is 18.3. The molecule has 2 aliphatic rings. The predicted molar refractivity (Wildman–Crippen MR) is 69.4 cm³/mol. The highest BCUT2D eigenvalue weighted by atomic mass is 16.4. The van der Waals surface area contributed by atoms with E-state index in [1.54, 1.807) is 4.90 Å². The highest BCUT2D eigenvalue weighted by molar-refractivity contribution is 5.85. The zero-order chi connectivity index (χ0) is 14.0. The molecule has 0 aromatic rings. The van der Waals surface area contributed by atoms with Gasteiger partial charge in [-0.25, -0.2) is 0 Å². The number of hydrogen-bond donors (Lipinski definition) is 2. The number of nitrogens with zero attached hydrogens (tertiary/aromatic N) is 1. The third-order valence-corrected chi connectivity index (χ3v) is 4.62. The lowest BCUT2D eigenvalue weighted by atomic mass is 9.92. The van der Waals surface area contributed by atoms with Crippen LogP contribution < -0.4 is 0 Å². The molecule has 108 valence electrons. The Balaban J connectivity index is 1.97. The molecule has 1 amide bonds. The molecule has 1 heterocycles. The number of likely N-dealkylation sites (tertiary alicyclic amines) is 1. The van der Waals surface area contributed by atoms with Gasteiger partial charge in [-0.15, -0.1) is 0 Å². The fourth-order valence-corrected chi connectivity index (χ4v) is 3.41. The smallest absolute Gasteiger partial charge is 0.307 e. The molecule has 2 N–H and O–H groups in total. The van der Waals surface area contributed by atoms with Crippen molar-refractivity contribution in [3.8, 4) is 0 Å². The first kappa shape index (κ1) is 14.3. The molecule has 0 aromatic heterocycles. The lowest BCUT2D eigenvalue weighted by Crippen LogP contribution is -2.44. The zero-order valence-electron chi connectivity index (χ0n) is 11.4. The van der Waals surface area contributed by atoms with E-state index in [9.17, 15) is 14.7 Å². The van der Waals surface area contributed by atoms with Gasteiger partial charge in [0.25, 0.3) is 0 Å². The van der Waals surface area contributed by atoms with Crippen molar-refractivity contribution >= 4 is 11.9 Å². The predicted octanol–water partition coefficient (Wildman–Crippen LogP) is 0.964. The summed E-state index contributed by atoms with van der Waals surface area (Å²) >= 11 is 0. The minimum Gasteiger partial charge on any atom is -0.481 e. The van der Waals surface area contributed by atoms with E-state index in [-0.39, 0.29) is 18.4 Å². The van der Waals surface area contributed by atoms with E-state index in [2.05, 4.69) is 0 Å². The van der Waals surface area contributed by atoms with Crippen LogP contribution in [0.3, 0.4) is 0 Å². The van der Waals surface area contributed by atoms with Gasteiger partial charge in [0.15, 0.2) is 0 Å². The summed E-state index contributed by atoms with van der Waals surface area (Å²) < 4.78 is 0. The van der Waals surface area contributed by atoms with Crippen LogP contribution in [0.4, 0.5) is 0 Å². The molecule has 1 saturated carbocycles. The monoisotopic (exact) mass is 269 g/mol. The fourth-order valence-electron chi connectivity index (χ4n) is 3.41. The van der Waals surface area contributed by atoms with Gasteiger partial charge in [-0.05, 0) is 37.5 Å². The van der Waals surface area contributed by atoms with E-state index in [4.69, 9.17) is 5.11 Å². The maximum absolute atomic E-state index is 12.5. The Bertz CT molecular complexity index is 349. The maximum atomic E-state index is 12.5. The second kappa shape index (κ2) is 5.90. The highest BCUT2D eigenvalue weighted by Crippen LogP contribution is 2.38. The van der Waals surface area contributed by atoms with E-state index < -0.39 is 11.9 Å². The van der Waals surface area contributed by atoms with E-state index in [0.29, 0.717) is 37.8 Å². The molecule has 2 fully saturated rings. The Kier molecular flexibility index (Phi) is 4.45. The number of amides is 1. The van der Waals surface area contributed by atoms with Crippen molar-refractivity contribution in [2.45, 2.75) is 32.6 Å². The van der Waals surface area contributed by atoms with Crippen molar-refractivity contribution in [1.82, 2.24) is 4.90 Å². The van der Waals surface area contributed by atoms with Crippen LogP contribution in [0.15, 0.2) is 0 Å². The Morgan fingerprint density at radius 1 is 1.16 bits per heavy atom. The van der Waals surface area contributed by atoms with Crippen LogP contribution in [0.5, 0.6) is 0 Å². The molecule has 3 atom stereocenters. The van der Waals surface area contributed by atoms with Gasteiger partial charge < -0.3 is 15.1 Å². The third-order valence-electron chi connectivity index (χ3n) is 4.62. The molecule has 5 nitrogen and oxygen atoms in total. The number of aliphatic hydroxyl groups excluding tert-OH is 1. The number of carboxylic acid groups (broad SMARTS) is 1. The summed E-state index contributed by atoms with van der Waals surface area (Å²) in [6, 6.07) is 0. The second-order valence-corrected chi connectivity index (χ2v) is 6.08. The molecule has 1 aliphatic heterocycles. The van der Waals surface area contributed by atoms with Gasteiger partial charge in [0.05, 0.1) is 11.8 Å². The third kappa shape index (κ3) is 3.08. The number of carboxylic acids is 1. The number of carbonyl (C=O) groups is 2. The average Bonchev–Trinajstić information content (AvgIpc) is 2.80. The van der Waals surface area contributed by atoms with Crippen molar-refractivity contribution in [3.05, 3.63) is 0 Å². The van der Waals surface area contributed by atoms with E-state index >= 15 is 0 Å². The van der Waals surface area contributed by atoms with Gasteiger partial charge in [0.1, 0.15) is 0 Å². The summed E-state index contributed by atoms with van der Waals surface area (Å²) in [4.78, 5) is 25.5. The van der Waals surface area contributed by atoms with Crippen molar-refractivity contribution in [2.24, 2.45) is 23.7 Å². The molecule has 0 aromatic carbocycles. The standard InChI is InChI=1S/C14H23NO4/c1-9-6-11(12(7-9)14(18)19)13(17)15-4-2-10(8-16)3-5-15/h9-12,16H,2-8H2,1H3,(H,18,19). The highest BCUT2D eigenvalue weighted by Gasteiger charge is 2.43. The normalized spacial score (nSPS) is 32.5. The van der Waals surface area contributed by atoms with Crippen LogP contribution in [0.1, 0.15) is 32.6 Å². The summed E-state index contributed by atoms with van der Waals surface area (Å²) in [6.07, 6.45) is 2.94. The largest absolute Gasteiger partial charge is 0.481 e. The van der Waals surface area contributed by atoms with E-state index in [0.717, 1.165) is 12.8 Å². The summed E-state index contributed by atoms with van der Waals surface area (Å²) in [7, 11) is 0. The van der Waals surface area contributed by atoms with E-state index in [1.807, 2.05) is 6.92 Å². The molecule has 0 spiro atoms. The van der Waals surface area contributed by atoms with Gasteiger partial charge in [-0.1, -0.05) is 6.92 Å². The Morgan fingerprint density at radius 2 is 1.74 bits per heavy atom. The quantitative estimate of drug-likeness (QED) is 0.800. The molecule has 0 radical (unpaired) electrons. The van der Waals surface area contributed by atoms with Crippen LogP contribution in [0, 0.1) is 23.7 Å². The van der Waals surface area contributed by atoms with Crippen LogP contribution in [-0.4, -0.2) is 46.7 Å². The van der Waals surface area contributed by atoms with Crippen molar-refractivity contribution in [1.29, 1.82) is 0 Å². The lowest BCUT2D eigenvalue weighted by Gasteiger charge is -2.33. The molecule has 5 heteroatoms. The van der Waals surface area contributed by atoms with Gasteiger partial charge in [-0.2, -0.15) is 0 Å². The van der Waals surface area contributed by atoms with Crippen LogP contribution in [0.25, 0.3) is 0 Å². The number of piperidine rings is 1. The first-order valence-electron chi connectivity index (χ1n) is 7.15. The van der Waals surface area contributed by atoms with Gasteiger partial charge in [0.2, 0.25) is 5.91 Å². The van der Waals surface area contributed by atoms with Crippen molar-refractivity contribution in [2.75, 3.05) is 19.7 Å². The number of carbonyl (C=O) groups excluding carboxylic acids is 1. The molecule has 3 unspecified atom stereocenters.